The second kappa shape index (κ2) is 5.30. The standard InChI is InChI=1S/C13H18N2S/c1-2-12(10-6-4-3-5-7-10)15-13(16)14-11-8-9-11/h3-7,11-12H,2,8-9H2,1H3,(H2,14,15,16). The van der Waals surface area contributed by atoms with Crippen molar-refractivity contribution in [3.05, 3.63) is 35.9 Å². The lowest BCUT2D eigenvalue weighted by Gasteiger charge is -2.19. The summed E-state index contributed by atoms with van der Waals surface area (Å²) in [5, 5.41) is 7.47. The predicted octanol–water partition coefficient (Wildman–Crippen LogP) is 2.76. The summed E-state index contributed by atoms with van der Waals surface area (Å²) in [6, 6.07) is 11.4. The van der Waals surface area contributed by atoms with Gasteiger partial charge in [-0.1, -0.05) is 37.3 Å². The predicted molar refractivity (Wildman–Crippen MR) is 71.4 cm³/mol. The van der Waals surface area contributed by atoms with E-state index in [4.69, 9.17) is 12.2 Å². The van der Waals surface area contributed by atoms with Gasteiger partial charge in [0, 0.05) is 6.04 Å². The van der Waals surface area contributed by atoms with Gasteiger partial charge in [-0.05, 0) is 37.0 Å². The van der Waals surface area contributed by atoms with Crippen LogP contribution in [0.15, 0.2) is 30.3 Å². The monoisotopic (exact) mass is 234 g/mol. The molecule has 1 aliphatic rings. The van der Waals surface area contributed by atoms with E-state index in [1.807, 2.05) is 6.07 Å². The molecule has 0 heterocycles. The molecule has 1 aromatic rings. The van der Waals surface area contributed by atoms with E-state index in [1.165, 1.54) is 18.4 Å². The zero-order valence-electron chi connectivity index (χ0n) is 9.57. The van der Waals surface area contributed by atoms with Gasteiger partial charge in [-0.3, -0.25) is 0 Å². The zero-order chi connectivity index (χ0) is 11.4. The Bertz CT molecular complexity index is 346. The van der Waals surface area contributed by atoms with Crippen LogP contribution in [0.5, 0.6) is 0 Å². The Kier molecular flexibility index (Phi) is 3.78. The molecule has 2 rings (SSSR count). The van der Waals surface area contributed by atoms with E-state index in [9.17, 15) is 0 Å². The normalized spacial score (nSPS) is 16.6. The second-order valence-corrected chi connectivity index (χ2v) is 4.67. The van der Waals surface area contributed by atoms with E-state index in [-0.39, 0.29) is 0 Å². The molecule has 3 heteroatoms. The molecule has 1 aromatic carbocycles. The molecule has 1 saturated carbocycles. The van der Waals surface area contributed by atoms with Gasteiger partial charge in [-0.15, -0.1) is 0 Å². The first kappa shape index (κ1) is 11.4. The summed E-state index contributed by atoms with van der Waals surface area (Å²) in [5.74, 6) is 0. The lowest BCUT2D eigenvalue weighted by atomic mass is 10.1. The van der Waals surface area contributed by atoms with Crippen LogP contribution in [0.2, 0.25) is 0 Å². The van der Waals surface area contributed by atoms with Crippen LogP contribution in [0.3, 0.4) is 0 Å². The van der Waals surface area contributed by atoms with Crippen molar-refractivity contribution in [3.63, 3.8) is 0 Å². The Morgan fingerprint density at radius 2 is 2.06 bits per heavy atom. The van der Waals surface area contributed by atoms with Crippen LogP contribution >= 0.6 is 12.2 Å². The Morgan fingerprint density at radius 1 is 1.38 bits per heavy atom. The SMILES string of the molecule is CCC(NC(=S)NC1CC1)c1ccccc1. The largest absolute Gasteiger partial charge is 0.360 e. The summed E-state index contributed by atoms with van der Waals surface area (Å²) in [6.45, 7) is 2.17. The topological polar surface area (TPSA) is 24.1 Å². The maximum absolute atomic E-state index is 5.29. The van der Waals surface area contributed by atoms with Gasteiger partial charge >= 0.3 is 0 Å². The maximum Gasteiger partial charge on any atom is 0.166 e. The van der Waals surface area contributed by atoms with Crippen LogP contribution in [-0.4, -0.2) is 11.2 Å². The summed E-state index contributed by atoms with van der Waals surface area (Å²) in [7, 11) is 0. The summed E-state index contributed by atoms with van der Waals surface area (Å²) in [6.07, 6.45) is 3.55. The first-order valence-corrected chi connectivity index (χ1v) is 6.32. The average molecular weight is 234 g/mol. The first-order chi connectivity index (χ1) is 7.79. The van der Waals surface area contributed by atoms with Gasteiger partial charge < -0.3 is 10.6 Å². The molecule has 0 aliphatic heterocycles. The molecule has 2 nitrogen and oxygen atoms in total. The molecule has 0 amide bonds. The highest BCUT2D eigenvalue weighted by Gasteiger charge is 2.22. The highest BCUT2D eigenvalue weighted by atomic mass is 32.1. The van der Waals surface area contributed by atoms with Gasteiger partial charge in [-0.2, -0.15) is 0 Å². The molecule has 0 aromatic heterocycles. The molecule has 16 heavy (non-hydrogen) atoms. The van der Waals surface area contributed by atoms with Gasteiger partial charge in [0.2, 0.25) is 0 Å². The minimum atomic E-state index is 0.319. The number of rotatable bonds is 4. The second-order valence-electron chi connectivity index (χ2n) is 4.26. The third kappa shape index (κ3) is 3.20. The molecule has 0 saturated heterocycles. The number of hydrogen-bond donors (Lipinski definition) is 2. The lowest BCUT2D eigenvalue weighted by Crippen LogP contribution is -2.38. The third-order valence-corrected chi connectivity index (χ3v) is 3.06. The van der Waals surface area contributed by atoms with Crippen molar-refractivity contribution in [1.29, 1.82) is 0 Å². The fourth-order valence-corrected chi connectivity index (χ4v) is 2.03. The molecule has 0 radical (unpaired) electrons. The molecular weight excluding hydrogens is 216 g/mol. The molecule has 0 spiro atoms. The van der Waals surface area contributed by atoms with Gasteiger partial charge in [0.15, 0.2) is 5.11 Å². The molecule has 1 fully saturated rings. The Labute approximate surface area is 102 Å². The molecule has 1 unspecified atom stereocenters. The summed E-state index contributed by atoms with van der Waals surface area (Å²) < 4.78 is 0. The van der Waals surface area contributed by atoms with E-state index in [1.54, 1.807) is 0 Å². The number of hydrogen-bond acceptors (Lipinski definition) is 1. The Morgan fingerprint density at radius 3 is 2.62 bits per heavy atom. The smallest absolute Gasteiger partial charge is 0.166 e. The molecule has 1 atom stereocenters. The number of thiocarbonyl (C=S) groups is 1. The van der Waals surface area contributed by atoms with Crippen LogP contribution in [0.1, 0.15) is 37.8 Å². The highest BCUT2D eigenvalue weighted by Crippen LogP contribution is 2.19. The summed E-state index contributed by atoms with van der Waals surface area (Å²) >= 11 is 5.29. The Balaban J connectivity index is 1.91. The highest BCUT2D eigenvalue weighted by molar-refractivity contribution is 7.80. The van der Waals surface area contributed by atoms with Crippen molar-refractivity contribution < 1.29 is 0 Å². The van der Waals surface area contributed by atoms with Crippen LogP contribution in [0.4, 0.5) is 0 Å². The van der Waals surface area contributed by atoms with Gasteiger partial charge in [0.05, 0.1) is 6.04 Å². The molecule has 86 valence electrons. The van der Waals surface area contributed by atoms with Crippen LogP contribution in [0.25, 0.3) is 0 Å². The van der Waals surface area contributed by atoms with Crippen molar-refractivity contribution in [2.45, 2.75) is 38.3 Å². The molecule has 2 N–H and O–H groups in total. The van der Waals surface area contributed by atoms with E-state index in [2.05, 4.69) is 41.8 Å². The van der Waals surface area contributed by atoms with Crippen molar-refractivity contribution in [2.75, 3.05) is 0 Å². The molecule has 1 aliphatic carbocycles. The zero-order valence-corrected chi connectivity index (χ0v) is 10.4. The van der Waals surface area contributed by atoms with Gasteiger partial charge in [-0.25, -0.2) is 0 Å². The van der Waals surface area contributed by atoms with Crippen molar-refractivity contribution in [2.24, 2.45) is 0 Å². The van der Waals surface area contributed by atoms with E-state index in [0.717, 1.165) is 11.5 Å². The summed E-state index contributed by atoms with van der Waals surface area (Å²) in [4.78, 5) is 0. The van der Waals surface area contributed by atoms with E-state index < -0.39 is 0 Å². The van der Waals surface area contributed by atoms with Gasteiger partial charge in [0.25, 0.3) is 0 Å². The Hall–Kier alpha value is -1.09. The van der Waals surface area contributed by atoms with Gasteiger partial charge in [0.1, 0.15) is 0 Å². The van der Waals surface area contributed by atoms with E-state index >= 15 is 0 Å². The quantitative estimate of drug-likeness (QED) is 0.783. The molecule has 0 bridgehead atoms. The fraction of sp³-hybridized carbons (Fsp3) is 0.462. The fourth-order valence-electron chi connectivity index (χ4n) is 1.72. The van der Waals surface area contributed by atoms with E-state index in [0.29, 0.717) is 12.1 Å². The summed E-state index contributed by atoms with van der Waals surface area (Å²) in [5.41, 5.74) is 1.30. The average Bonchev–Trinajstić information content (AvgIpc) is 3.11. The minimum Gasteiger partial charge on any atom is -0.360 e. The van der Waals surface area contributed by atoms with Crippen LogP contribution in [-0.2, 0) is 0 Å². The minimum absolute atomic E-state index is 0.319. The van der Waals surface area contributed by atoms with Crippen LogP contribution in [0, 0.1) is 0 Å². The number of benzene rings is 1. The van der Waals surface area contributed by atoms with Crippen molar-refractivity contribution in [1.82, 2.24) is 10.6 Å². The number of nitrogens with one attached hydrogen (secondary N) is 2. The maximum atomic E-state index is 5.29. The molecular formula is C13H18N2S. The lowest BCUT2D eigenvalue weighted by molar-refractivity contribution is 0.616. The first-order valence-electron chi connectivity index (χ1n) is 5.91. The third-order valence-electron chi connectivity index (χ3n) is 2.83. The van der Waals surface area contributed by atoms with Crippen LogP contribution < -0.4 is 10.6 Å². The van der Waals surface area contributed by atoms with Crippen molar-refractivity contribution >= 4 is 17.3 Å². The van der Waals surface area contributed by atoms with Crippen molar-refractivity contribution in [3.8, 4) is 0 Å².